The molecule has 4 nitrogen and oxygen atoms in total. The third-order valence-electron chi connectivity index (χ3n) is 3.69. The standard InChI is InChI=1S/C16H20N2O2/c1-2-9-19-16-12(17)10-15(16)20-14-7-3-6-13-11(14)5-4-8-18-13/h3-8,12,15-16H,2,9-10,17H2,1H3. The van der Waals surface area contributed by atoms with E-state index in [1.165, 1.54) is 0 Å². The lowest BCUT2D eigenvalue weighted by Gasteiger charge is -2.41. The van der Waals surface area contributed by atoms with Crippen LogP contribution >= 0.6 is 0 Å². The van der Waals surface area contributed by atoms with Gasteiger partial charge in [-0.2, -0.15) is 0 Å². The number of nitrogens with zero attached hydrogens (tertiary/aromatic N) is 1. The van der Waals surface area contributed by atoms with Crippen LogP contribution in [0.25, 0.3) is 10.9 Å². The van der Waals surface area contributed by atoms with Crippen LogP contribution in [0.1, 0.15) is 19.8 Å². The summed E-state index contributed by atoms with van der Waals surface area (Å²) < 4.78 is 11.9. The van der Waals surface area contributed by atoms with E-state index in [-0.39, 0.29) is 18.2 Å². The first-order chi connectivity index (χ1) is 9.79. The van der Waals surface area contributed by atoms with Crippen LogP contribution in [0.5, 0.6) is 5.75 Å². The van der Waals surface area contributed by atoms with Gasteiger partial charge in [0.05, 0.1) is 5.52 Å². The van der Waals surface area contributed by atoms with Crippen molar-refractivity contribution in [2.75, 3.05) is 6.61 Å². The third-order valence-corrected chi connectivity index (χ3v) is 3.69. The molecule has 1 aromatic heterocycles. The average Bonchev–Trinajstić information content (AvgIpc) is 2.47. The van der Waals surface area contributed by atoms with Gasteiger partial charge in [0.15, 0.2) is 0 Å². The highest BCUT2D eigenvalue weighted by molar-refractivity contribution is 5.84. The average molecular weight is 272 g/mol. The van der Waals surface area contributed by atoms with Gasteiger partial charge in [0, 0.05) is 30.7 Å². The summed E-state index contributed by atoms with van der Waals surface area (Å²) in [5.74, 6) is 0.859. The maximum atomic E-state index is 6.10. The summed E-state index contributed by atoms with van der Waals surface area (Å²) >= 11 is 0. The first-order valence-electron chi connectivity index (χ1n) is 7.17. The van der Waals surface area contributed by atoms with Crippen LogP contribution in [0.2, 0.25) is 0 Å². The van der Waals surface area contributed by atoms with Crippen LogP contribution in [0.4, 0.5) is 0 Å². The molecule has 106 valence electrons. The van der Waals surface area contributed by atoms with Gasteiger partial charge in [0.25, 0.3) is 0 Å². The van der Waals surface area contributed by atoms with Crippen molar-refractivity contribution in [2.24, 2.45) is 5.73 Å². The number of rotatable bonds is 5. The topological polar surface area (TPSA) is 57.4 Å². The number of nitrogens with two attached hydrogens (primary N) is 1. The van der Waals surface area contributed by atoms with E-state index in [4.69, 9.17) is 15.2 Å². The molecular weight excluding hydrogens is 252 g/mol. The van der Waals surface area contributed by atoms with Crippen molar-refractivity contribution < 1.29 is 9.47 Å². The van der Waals surface area contributed by atoms with Gasteiger partial charge in [-0.25, -0.2) is 0 Å². The van der Waals surface area contributed by atoms with Crippen molar-refractivity contribution in [3.05, 3.63) is 36.5 Å². The molecule has 4 heteroatoms. The van der Waals surface area contributed by atoms with Gasteiger partial charge in [0.1, 0.15) is 18.0 Å². The van der Waals surface area contributed by atoms with Crippen LogP contribution in [-0.2, 0) is 4.74 Å². The third kappa shape index (κ3) is 2.49. The van der Waals surface area contributed by atoms with Gasteiger partial charge in [-0.1, -0.05) is 13.0 Å². The minimum absolute atomic E-state index is 0.00174. The molecule has 2 N–H and O–H groups in total. The molecule has 1 fully saturated rings. The summed E-state index contributed by atoms with van der Waals surface area (Å²) in [6.45, 7) is 2.83. The van der Waals surface area contributed by atoms with E-state index in [2.05, 4.69) is 11.9 Å². The molecule has 0 aliphatic heterocycles. The Labute approximate surface area is 118 Å². The summed E-state index contributed by atoms with van der Waals surface area (Å²) in [4.78, 5) is 4.34. The molecule has 3 rings (SSSR count). The van der Waals surface area contributed by atoms with Gasteiger partial charge < -0.3 is 15.2 Å². The van der Waals surface area contributed by atoms with Crippen molar-refractivity contribution in [2.45, 2.75) is 38.0 Å². The van der Waals surface area contributed by atoms with Crippen LogP contribution in [-0.4, -0.2) is 29.8 Å². The van der Waals surface area contributed by atoms with Crippen molar-refractivity contribution >= 4 is 10.9 Å². The summed E-state index contributed by atoms with van der Waals surface area (Å²) in [5, 5.41) is 1.03. The zero-order valence-electron chi connectivity index (χ0n) is 11.7. The maximum Gasteiger partial charge on any atom is 0.129 e. The fraction of sp³-hybridized carbons (Fsp3) is 0.438. The molecule has 2 aromatic rings. The first kappa shape index (κ1) is 13.3. The number of pyridine rings is 1. The number of benzene rings is 1. The SMILES string of the molecule is CCCOC1C(N)CC1Oc1cccc2ncccc12. The number of ether oxygens (including phenoxy) is 2. The quantitative estimate of drug-likeness (QED) is 0.908. The summed E-state index contributed by atoms with van der Waals surface area (Å²) in [7, 11) is 0. The molecule has 1 aliphatic rings. The Hall–Kier alpha value is -1.65. The molecule has 1 saturated carbocycles. The number of hydrogen-bond donors (Lipinski definition) is 1. The maximum absolute atomic E-state index is 6.10. The largest absolute Gasteiger partial charge is 0.487 e. The molecule has 0 saturated heterocycles. The van der Waals surface area contributed by atoms with Crippen LogP contribution in [0.15, 0.2) is 36.5 Å². The smallest absolute Gasteiger partial charge is 0.129 e. The molecule has 1 heterocycles. The van der Waals surface area contributed by atoms with Crippen LogP contribution < -0.4 is 10.5 Å². The molecule has 0 amide bonds. The van der Waals surface area contributed by atoms with E-state index in [0.717, 1.165) is 36.1 Å². The van der Waals surface area contributed by atoms with E-state index in [1.807, 2.05) is 30.3 Å². The van der Waals surface area contributed by atoms with Gasteiger partial charge in [-0.05, 0) is 30.7 Å². The van der Waals surface area contributed by atoms with Crippen molar-refractivity contribution in [3.8, 4) is 5.75 Å². The molecule has 1 aliphatic carbocycles. The predicted molar refractivity (Wildman–Crippen MR) is 78.8 cm³/mol. The first-order valence-corrected chi connectivity index (χ1v) is 7.17. The Balaban J connectivity index is 1.76. The zero-order chi connectivity index (χ0) is 13.9. The number of fused-ring (bicyclic) bond motifs is 1. The molecule has 1 aromatic carbocycles. The molecular formula is C16H20N2O2. The predicted octanol–water partition coefficient (Wildman–Crippen LogP) is 2.51. The second-order valence-corrected chi connectivity index (χ2v) is 5.22. The molecule has 0 spiro atoms. The highest BCUT2D eigenvalue weighted by atomic mass is 16.5. The van der Waals surface area contributed by atoms with Crippen molar-refractivity contribution in [1.82, 2.24) is 4.98 Å². The highest BCUT2D eigenvalue weighted by Gasteiger charge is 2.41. The Morgan fingerprint density at radius 2 is 2.20 bits per heavy atom. The Morgan fingerprint density at radius 1 is 1.30 bits per heavy atom. The Morgan fingerprint density at radius 3 is 3.00 bits per heavy atom. The normalized spacial score (nSPS) is 25.4. The van der Waals surface area contributed by atoms with E-state index in [0.29, 0.717) is 0 Å². The minimum atomic E-state index is 0.00174. The lowest BCUT2D eigenvalue weighted by atomic mass is 9.86. The zero-order valence-corrected chi connectivity index (χ0v) is 11.7. The van der Waals surface area contributed by atoms with Crippen molar-refractivity contribution in [1.29, 1.82) is 0 Å². The minimum Gasteiger partial charge on any atom is -0.487 e. The molecule has 20 heavy (non-hydrogen) atoms. The number of hydrogen-bond acceptors (Lipinski definition) is 4. The van der Waals surface area contributed by atoms with Gasteiger partial charge >= 0.3 is 0 Å². The summed E-state index contributed by atoms with van der Waals surface area (Å²) in [6.07, 6.45) is 3.67. The van der Waals surface area contributed by atoms with E-state index < -0.39 is 0 Å². The highest BCUT2D eigenvalue weighted by Crippen LogP contribution is 2.31. The summed E-state index contributed by atoms with van der Waals surface area (Å²) in [6, 6.07) is 9.96. The van der Waals surface area contributed by atoms with E-state index >= 15 is 0 Å². The second-order valence-electron chi connectivity index (χ2n) is 5.22. The van der Waals surface area contributed by atoms with Gasteiger partial charge in [-0.3, -0.25) is 4.98 Å². The van der Waals surface area contributed by atoms with Gasteiger partial charge in [-0.15, -0.1) is 0 Å². The van der Waals surface area contributed by atoms with Crippen molar-refractivity contribution in [3.63, 3.8) is 0 Å². The molecule has 3 atom stereocenters. The molecule has 0 bridgehead atoms. The molecule has 0 radical (unpaired) electrons. The van der Waals surface area contributed by atoms with Gasteiger partial charge in [0.2, 0.25) is 0 Å². The summed E-state index contributed by atoms with van der Waals surface area (Å²) in [5.41, 5.74) is 6.95. The second kappa shape index (κ2) is 5.77. The van der Waals surface area contributed by atoms with Crippen LogP contribution in [0, 0.1) is 0 Å². The lowest BCUT2D eigenvalue weighted by Crippen LogP contribution is -2.59. The van der Waals surface area contributed by atoms with E-state index in [9.17, 15) is 0 Å². The Bertz CT molecular complexity index is 582. The lowest BCUT2D eigenvalue weighted by molar-refractivity contribution is -0.0975. The molecule has 3 unspecified atom stereocenters. The number of aromatic nitrogens is 1. The fourth-order valence-electron chi connectivity index (χ4n) is 2.56. The van der Waals surface area contributed by atoms with Crippen LogP contribution in [0.3, 0.4) is 0 Å². The fourth-order valence-corrected chi connectivity index (χ4v) is 2.56. The monoisotopic (exact) mass is 272 g/mol. The van der Waals surface area contributed by atoms with E-state index in [1.54, 1.807) is 6.20 Å². The Kier molecular flexibility index (Phi) is 3.85.